The van der Waals surface area contributed by atoms with Gasteiger partial charge in [0.2, 0.25) is 0 Å². The van der Waals surface area contributed by atoms with E-state index in [1.165, 1.54) is 67.7 Å². The van der Waals surface area contributed by atoms with E-state index in [1.807, 2.05) is 12.4 Å². The van der Waals surface area contributed by atoms with Crippen molar-refractivity contribution in [3.8, 4) is 0 Å². The minimum atomic E-state index is -0.0208. The summed E-state index contributed by atoms with van der Waals surface area (Å²) in [5.41, 5.74) is 3.87. The second-order valence-electron chi connectivity index (χ2n) is 13.5. The Bertz CT molecular complexity index is 1110. The van der Waals surface area contributed by atoms with Gasteiger partial charge in [0.1, 0.15) is 0 Å². The first kappa shape index (κ1) is 22.8. The summed E-state index contributed by atoms with van der Waals surface area (Å²) in [6, 6.07) is 9.17. The minimum absolute atomic E-state index is 0.0208. The van der Waals surface area contributed by atoms with Crippen LogP contribution in [0.2, 0.25) is 0 Å². The Kier molecular flexibility index (Phi) is 5.30. The van der Waals surface area contributed by atoms with Crippen LogP contribution in [0.5, 0.6) is 0 Å². The molecular weight excluding hydrogens is 414 g/mol. The lowest BCUT2D eigenvalue weighted by Crippen LogP contribution is -2.54. The lowest BCUT2D eigenvalue weighted by molar-refractivity contribution is -0.148. The van der Waals surface area contributed by atoms with Gasteiger partial charge >= 0.3 is 0 Å². The highest BCUT2D eigenvalue weighted by atomic mass is 16.5. The van der Waals surface area contributed by atoms with Crippen LogP contribution in [0.15, 0.2) is 42.7 Å². The molecule has 2 heteroatoms. The molecule has 3 fully saturated rings. The summed E-state index contributed by atoms with van der Waals surface area (Å²) in [4.78, 5) is 4.38. The molecule has 4 aliphatic carbocycles. The standard InChI is InChI=1S/C32H43NO/c1-30(2,3)34-25-12-15-31(4)24(19-25)8-9-26-28-11-10-27(32(28,5)16-13-29(26)31)22-7-6-21-14-17-33-20-23(21)18-22/h6-7,10,14,17-18,20,24-26,28-29H,8-9,11-13,15-16,19H2,1-5H3/t24-,25-,26-,28-,29-,31-,32+/m0/s1. The first-order valence-electron chi connectivity index (χ1n) is 13.9. The maximum atomic E-state index is 6.47. The van der Waals surface area contributed by atoms with Gasteiger partial charge in [-0.1, -0.05) is 32.1 Å². The minimum Gasteiger partial charge on any atom is -0.373 e. The molecule has 0 N–H and O–H groups in total. The lowest BCUT2D eigenvalue weighted by Gasteiger charge is -2.61. The fourth-order valence-corrected chi connectivity index (χ4v) is 9.09. The van der Waals surface area contributed by atoms with E-state index in [9.17, 15) is 0 Å². The van der Waals surface area contributed by atoms with Crippen LogP contribution in [-0.4, -0.2) is 16.7 Å². The number of nitrogens with zero attached hydrogens (tertiary/aromatic N) is 1. The van der Waals surface area contributed by atoms with Gasteiger partial charge in [-0.15, -0.1) is 0 Å². The van der Waals surface area contributed by atoms with Gasteiger partial charge < -0.3 is 4.74 Å². The zero-order valence-corrected chi connectivity index (χ0v) is 21.9. The molecule has 1 aromatic heterocycles. The highest BCUT2D eigenvalue weighted by Gasteiger charge is 2.58. The Hall–Kier alpha value is -1.67. The van der Waals surface area contributed by atoms with Crippen LogP contribution in [0, 0.1) is 34.5 Å². The summed E-state index contributed by atoms with van der Waals surface area (Å²) in [5.74, 6) is 3.44. The molecule has 6 rings (SSSR count). The summed E-state index contributed by atoms with van der Waals surface area (Å²) in [5, 5.41) is 2.56. The van der Waals surface area contributed by atoms with Crippen molar-refractivity contribution >= 4 is 16.3 Å². The van der Waals surface area contributed by atoms with Crippen molar-refractivity contribution in [1.82, 2.24) is 4.98 Å². The third kappa shape index (κ3) is 3.58. The molecule has 3 saturated carbocycles. The maximum Gasteiger partial charge on any atom is 0.0602 e. The number of ether oxygens (including phenoxy) is 1. The summed E-state index contributed by atoms with van der Waals surface area (Å²) in [6.45, 7) is 11.9. The van der Waals surface area contributed by atoms with Gasteiger partial charge in [-0.05, 0) is 135 Å². The summed E-state index contributed by atoms with van der Waals surface area (Å²) >= 11 is 0. The fourth-order valence-electron chi connectivity index (χ4n) is 9.09. The van der Waals surface area contributed by atoms with Crippen LogP contribution in [0.4, 0.5) is 0 Å². The van der Waals surface area contributed by atoms with Crippen LogP contribution >= 0.6 is 0 Å². The number of pyridine rings is 1. The number of benzene rings is 1. The fraction of sp³-hybridized carbons (Fsp3) is 0.656. The Labute approximate surface area is 206 Å². The van der Waals surface area contributed by atoms with Crippen molar-refractivity contribution in [1.29, 1.82) is 0 Å². The first-order valence-corrected chi connectivity index (χ1v) is 13.9. The molecule has 0 saturated heterocycles. The maximum absolute atomic E-state index is 6.47. The molecule has 7 atom stereocenters. The number of allylic oxidation sites excluding steroid dienone is 2. The molecule has 182 valence electrons. The van der Waals surface area contributed by atoms with Crippen LogP contribution in [0.25, 0.3) is 16.3 Å². The van der Waals surface area contributed by atoms with Gasteiger partial charge in [0, 0.05) is 17.8 Å². The van der Waals surface area contributed by atoms with Crippen molar-refractivity contribution < 1.29 is 4.74 Å². The van der Waals surface area contributed by atoms with Gasteiger partial charge in [-0.3, -0.25) is 4.98 Å². The molecule has 2 nitrogen and oxygen atoms in total. The third-order valence-corrected chi connectivity index (χ3v) is 10.7. The third-order valence-electron chi connectivity index (χ3n) is 10.7. The summed E-state index contributed by atoms with van der Waals surface area (Å²) < 4.78 is 6.47. The average molecular weight is 458 g/mol. The molecule has 34 heavy (non-hydrogen) atoms. The van der Waals surface area contributed by atoms with Crippen LogP contribution in [-0.2, 0) is 4.74 Å². The van der Waals surface area contributed by atoms with Crippen molar-refractivity contribution in [2.75, 3.05) is 0 Å². The molecule has 2 aromatic rings. The van der Waals surface area contributed by atoms with E-state index >= 15 is 0 Å². The summed E-state index contributed by atoms with van der Waals surface area (Å²) in [7, 11) is 0. The van der Waals surface area contributed by atoms with Crippen LogP contribution in [0.3, 0.4) is 0 Å². The van der Waals surface area contributed by atoms with E-state index < -0.39 is 0 Å². The molecule has 0 unspecified atom stereocenters. The van der Waals surface area contributed by atoms with E-state index in [4.69, 9.17) is 4.74 Å². The van der Waals surface area contributed by atoms with Crippen molar-refractivity contribution in [2.45, 2.75) is 97.7 Å². The monoisotopic (exact) mass is 457 g/mol. The number of rotatable bonds is 2. The normalized spacial score (nSPS) is 39.8. The number of hydrogen-bond acceptors (Lipinski definition) is 2. The van der Waals surface area contributed by atoms with Crippen LogP contribution < -0.4 is 0 Å². The highest BCUT2D eigenvalue weighted by Crippen LogP contribution is 2.67. The molecule has 4 aliphatic rings. The van der Waals surface area contributed by atoms with E-state index in [0.717, 1.165) is 23.7 Å². The van der Waals surface area contributed by atoms with Gasteiger partial charge in [-0.2, -0.15) is 0 Å². The van der Waals surface area contributed by atoms with Crippen LogP contribution in [0.1, 0.15) is 91.5 Å². The van der Waals surface area contributed by atoms with Crippen molar-refractivity contribution in [2.24, 2.45) is 34.5 Å². The lowest BCUT2D eigenvalue weighted by atomic mass is 9.44. The zero-order valence-electron chi connectivity index (χ0n) is 21.9. The zero-order chi connectivity index (χ0) is 23.7. The molecule has 0 amide bonds. The Morgan fingerprint density at radius 1 is 0.941 bits per heavy atom. The van der Waals surface area contributed by atoms with Gasteiger partial charge in [-0.25, -0.2) is 0 Å². The SMILES string of the molecule is CC(C)(C)O[C@H]1CC[C@@]2(C)[C@@H](CC[C@@H]3[C@@H]2CC[C@]2(C)C(c4ccc5ccncc5c4)=CC[C@@H]32)C1. The molecule has 0 radical (unpaired) electrons. The quantitative estimate of drug-likeness (QED) is 0.451. The predicted octanol–water partition coefficient (Wildman–Crippen LogP) is 8.45. The molecule has 0 bridgehead atoms. The number of fused-ring (bicyclic) bond motifs is 6. The van der Waals surface area contributed by atoms with E-state index in [1.54, 1.807) is 5.57 Å². The number of aromatic nitrogens is 1. The largest absolute Gasteiger partial charge is 0.373 e. The Morgan fingerprint density at radius 3 is 2.62 bits per heavy atom. The Morgan fingerprint density at radius 2 is 1.79 bits per heavy atom. The van der Waals surface area contributed by atoms with Crippen molar-refractivity contribution in [3.63, 3.8) is 0 Å². The molecule has 0 spiro atoms. The Balaban J connectivity index is 1.23. The first-order chi connectivity index (χ1) is 16.2. The van der Waals surface area contributed by atoms with Gasteiger partial charge in [0.15, 0.2) is 0 Å². The van der Waals surface area contributed by atoms with Gasteiger partial charge in [0.05, 0.1) is 11.7 Å². The second kappa shape index (κ2) is 7.92. The second-order valence-corrected chi connectivity index (χ2v) is 13.5. The predicted molar refractivity (Wildman–Crippen MR) is 141 cm³/mol. The van der Waals surface area contributed by atoms with Gasteiger partial charge in [0.25, 0.3) is 0 Å². The average Bonchev–Trinajstić information content (AvgIpc) is 3.15. The number of hydrogen-bond donors (Lipinski definition) is 0. The van der Waals surface area contributed by atoms with E-state index in [-0.39, 0.29) is 5.60 Å². The molecule has 0 aliphatic heterocycles. The molecular formula is C32H43NO. The molecule has 1 heterocycles. The molecule has 1 aromatic carbocycles. The van der Waals surface area contributed by atoms with E-state index in [0.29, 0.717) is 16.9 Å². The van der Waals surface area contributed by atoms with Crippen molar-refractivity contribution in [3.05, 3.63) is 48.3 Å². The summed E-state index contributed by atoms with van der Waals surface area (Å²) in [6.07, 6.45) is 17.8. The topological polar surface area (TPSA) is 22.1 Å². The highest BCUT2D eigenvalue weighted by molar-refractivity contribution is 5.86. The van der Waals surface area contributed by atoms with E-state index in [2.05, 4.69) is 69.9 Å². The smallest absolute Gasteiger partial charge is 0.0602 e.